The van der Waals surface area contributed by atoms with Crippen LogP contribution >= 0.6 is 0 Å². The minimum Gasteiger partial charge on any atom is -0.506 e. The number of nitrogens with zero attached hydrogens (tertiary/aromatic N) is 2. The van der Waals surface area contributed by atoms with Crippen molar-refractivity contribution in [3.8, 4) is 5.75 Å². The molecule has 4 nitrogen and oxygen atoms in total. The number of benzene rings is 1. The smallest absolute Gasteiger partial charge is 0.141 e. The number of aromatic hydroxyl groups is 1. The maximum absolute atomic E-state index is 9.71. The fourth-order valence-corrected chi connectivity index (χ4v) is 2.09. The molecule has 72 valence electrons. The van der Waals surface area contributed by atoms with Gasteiger partial charge in [-0.15, -0.1) is 0 Å². The second-order valence-electron chi connectivity index (χ2n) is 3.66. The standard InChI is InChI=1S/C10H11N3O/c11-6-4-5-13-9-7(12-10(6)13)2-1-3-8(9)14/h1-3,6,14H,4-5,11H2. The van der Waals surface area contributed by atoms with Crippen molar-refractivity contribution < 1.29 is 5.11 Å². The summed E-state index contributed by atoms with van der Waals surface area (Å²) in [5.41, 5.74) is 7.54. The fraction of sp³-hybridized carbons (Fsp3) is 0.300. The van der Waals surface area contributed by atoms with Gasteiger partial charge in [0.05, 0.1) is 11.6 Å². The second kappa shape index (κ2) is 2.48. The van der Waals surface area contributed by atoms with E-state index in [9.17, 15) is 5.11 Å². The van der Waals surface area contributed by atoms with Gasteiger partial charge in [-0.3, -0.25) is 0 Å². The molecule has 4 heteroatoms. The quantitative estimate of drug-likeness (QED) is 0.653. The molecule has 1 aromatic carbocycles. The maximum Gasteiger partial charge on any atom is 0.141 e. The van der Waals surface area contributed by atoms with Gasteiger partial charge in [-0.2, -0.15) is 0 Å². The Morgan fingerprint density at radius 1 is 1.50 bits per heavy atom. The number of fused-ring (bicyclic) bond motifs is 3. The Bertz CT molecular complexity index is 503. The van der Waals surface area contributed by atoms with Crippen LogP contribution in [0.5, 0.6) is 5.75 Å². The SMILES string of the molecule is NC1CCn2c1nc1cccc(O)c12. The van der Waals surface area contributed by atoms with Gasteiger partial charge in [-0.1, -0.05) is 6.07 Å². The number of aryl methyl sites for hydroxylation is 1. The Labute approximate surface area is 81.0 Å². The zero-order chi connectivity index (χ0) is 9.71. The molecule has 1 aliphatic rings. The molecule has 3 N–H and O–H groups in total. The highest BCUT2D eigenvalue weighted by Crippen LogP contribution is 2.32. The van der Waals surface area contributed by atoms with Crippen molar-refractivity contribution in [2.24, 2.45) is 5.73 Å². The Morgan fingerprint density at radius 3 is 3.21 bits per heavy atom. The molecule has 0 aliphatic carbocycles. The van der Waals surface area contributed by atoms with E-state index in [1.165, 1.54) is 0 Å². The third-order valence-corrected chi connectivity index (χ3v) is 2.77. The van der Waals surface area contributed by atoms with Gasteiger partial charge in [-0.05, 0) is 18.6 Å². The number of aromatic nitrogens is 2. The minimum atomic E-state index is 0.0156. The van der Waals surface area contributed by atoms with Crippen molar-refractivity contribution in [1.82, 2.24) is 9.55 Å². The van der Waals surface area contributed by atoms with E-state index in [2.05, 4.69) is 4.98 Å². The van der Waals surface area contributed by atoms with Gasteiger partial charge in [0.15, 0.2) is 0 Å². The predicted molar refractivity (Wildman–Crippen MR) is 52.9 cm³/mol. The van der Waals surface area contributed by atoms with Crippen molar-refractivity contribution in [2.75, 3.05) is 0 Å². The summed E-state index contributed by atoms with van der Waals surface area (Å²) in [6.07, 6.45) is 0.909. The Kier molecular flexibility index (Phi) is 1.39. The van der Waals surface area contributed by atoms with Gasteiger partial charge in [-0.25, -0.2) is 4.98 Å². The van der Waals surface area contributed by atoms with E-state index in [-0.39, 0.29) is 11.8 Å². The lowest BCUT2D eigenvalue weighted by Crippen LogP contribution is -2.06. The van der Waals surface area contributed by atoms with Gasteiger partial charge in [0.2, 0.25) is 0 Å². The normalized spacial score (nSPS) is 20.2. The second-order valence-corrected chi connectivity index (χ2v) is 3.66. The maximum atomic E-state index is 9.71. The van der Waals surface area contributed by atoms with Crippen LogP contribution in [0.3, 0.4) is 0 Å². The number of phenols is 1. The third kappa shape index (κ3) is 0.834. The van der Waals surface area contributed by atoms with Crippen LogP contribution in [0.1, 0.15) is 18.3 Å². The van der Waals surface area contributed by atoms with Crippen LogP contribution in [-0.4, -0.2) is 14.7 Å². The van der Waals surface area contributed by atoms with Gasteiger partial charge < -0.3 is 15.4 Å². The molecule has 3 rings (SSSR count). The molecule has 1 atom stereocenters. The number of hydrogen-bond donors (Lipinski definition) is 2. The lowest BCUT2D eigenvalue weighted by atomic mass is 10.2. The topological polar surface area (TPSA) is 64.1 Å². The number of imidazole rings is 1. The van der Waals surface area contributed by atoms with Crippen molar-refractivity contribution in [1.29, 1.82) is 0 Å². The first-order chi connectivity index (χ1) is 6.77. The molecule has 1 aliphatic heterocycles. The molecule has 2 heterocycles. The van der Waals surface area contributed by atoms with E-state index in [1.807, 2.05) is 10.6 Å². The molecular weight excluding hydrogens is 178 g/mol. The molecule has 0 bridgehead atoms. The van der Waals surface area contributed by atoms with Crippen molar-refractivity contribution in [3.63, 3.8) is 0 Å². The summed E-state index contributed by atoms with van der Waals surface area (Å²) in [7, 11) is 0. The van der Waals surface area contributed by atoms with E-state index < -0.39 is 0 Å². The van der Waals surface area contributed by atoms with Crippen LogP contribution in [0.4, 0.5) is 0 Å². The summed E-state index contributed by atoms with van der Waals surface area (Å²) in [6.45, 7) is 0.852. The fourth-order valence-electron chi connectivity index (χ4n) is 2.09. The van der Waals surface area contributed by atoms with Gasteiger partial charge >= 0.3 is 0 Å². The first kappa shape index (κ1) is 7.82. The number of rotatable bonds is 0. The van der Waals surface area contributed by atoms with Crippen molar-refractivity contribution in [3.05, 3.63) is 24.0 Å². The van der Waals surface area contributed by atoms with Crippen molar-refractivity contribution >= 4 is 11.0 Å². The highest BCUT2D eigenvalue weighted by molar-refractivity contribution is 5.82. The van der Waals surface area contributed by atoms with E-state index in [0.717, 1.165) is 29.8 Å². The van der Waals surface area contributed by atoms with Crippen LogP contribution in [0.2, 0.25) is 0 Å². The Balaban J connectivity index is 2.41. The molecule has 1 aromatic heterocycles. The molecule has 0 amide bonds. The van der Waals surface area contributed by atoms with E-state index in [1.54, 1.807) is 12.1 Å². The molecule has 0 radical (unpaired) electrons. The van der Waals surface area contributed by atoms with E-state index in [4.69, 9.17) is 5.73 Å². The molecule has 0 spiro atoms. The summed E-state index contributed by atoms with van der Waals surface area (Å²) >= 11 is 0. The highest BCUT2D eigenvalue weighted by atomic mass is 16.3. The summed E-state index contributed by atoms with van der Waals surface area (Å²) in [5.74, 6) is 1.18. The van der Waals surface area contributed by atoms with Crippen LogP contribution < -0.4 is 5.73 Å². The Hall–Kier alpha value is -1.55. The number of nitrogens with two attached hydrogens (primary N) is 1. The van der Waals surface area contributed by atoms with Crippen LogP contribution in [0, 0.1) is 0 Å². The summed E-state index contributed by atoms with van der Waals surface area (Å²) in [5, 5.41) is 9.71. The molecule has 14 heavy (non-hydrogen) atoms. The Morgan fingerprint density at radius 2 is 2.36 bits per heavy atom. The van der Waals surface area contributed by atoms with Gasteiger partial charge in [0, 0.05) is 6.54 Å². The molecule has 1 unspecified atom stereocenters. The van der Waals surface area contributed by atoms with Crippen LogP contribution in [-0.2, 0) is 6.54 Å². The van der Waals surface area contributed by atoms with E-state index in [0.29, 0.717) is 0 Å². The average molecular weight is 189 g/mol. The zero-order valence-corrected chi connectivity index (χ0v) is 7.64. The highest BCUT2D eigenvalue weighted by Gasteiger charge is 2.24. The first-order valence-electron chi connectivity index (χ1n) is 4.71. The van der Waals surface area contributed by atoms with Gasteiger partial charge in [0.25, 0.3) is 0 Å². The number of para-hydroxylation sites is 1. The summed E-state index contributed by atoms with van der Waals surface area (Å²) < 4.78 is 2.01. The largest absolute Gasteiger partial charge is 0.506 e. The lowest BCUT2D eigenvalue weighted by molar-refractivity contribution is 0.478. The third-order valence-electron chi connectivity index (χ3n) is 2.77. The van der Waals surface area contributed by atoms with E-state index >= 15 is 0 Å². The van der Waals surface area contributed by atoms with Crippen molar-refractivity contribution in [2.45, 2.75) is 19.0 Å². The molecule has 0 fully saturated rings. The van der Waals surface area contributed by atoms with Gasteiger partial charge in [0.1, 0.15) is 17.1 Å². The molecular formula is C10H11N3O. The molecule has 0 saturated carbocycles. The monoisotopic (exact) mass is 189 g/mol. The predicted octanol–water partition coefficient (Wildman–Crippen LogP) is 1.15. The molecule has 2 aromatic rings. The minimum absolute atomic E-state index is 0.0156. The van der Waals surface area contributed by atoms with Crippen LogP contribution in [0.15, 0.2) is 18.2 Å². The van der Waals surface area contributed by atoms with Crippen LogP contribution in [0.25, 0.3) is 11.0 Å². The first-order valence-corrected chi connectivity index (χ1v) is 4.71. The number of phenolic OH excluding ortho intramolecular Hbond substituents is 1. The summed E-state index contributed by atoms with van der Waals surface area (Å²) in [4.78, 5) is 4.41. The molecule has 0 saturated heterocycles. The number of hydrogen-bond acceptors (Lipinski definition) is 3. The zero-order valence-electron chi connectivity index (χ0n) is 7.64. The summed E-state index contributed by atoms with van der Waals surface area (Å²) in [6, 6.07) is 5.39. The lowest BCUT2D eigenvalue weighted by Gasteiger charge is -1.99. The average Bonchev–Trinajstić information content (AvgIpc) is 2.68.